The summed E-state index contributed by atoms with van der Waals surface area (Å²) in [7, 11) is 0. The Morgan fingerprint density at radius 2 is 1.79 bits per heavy atom. The van der Waals surface area contributed by atoms with Crippen LogP contribution >= 0.6 is 23.2 Å². The van der Waals surface area contributed by atoms with E-state index in [1.807, 2.05) is 0 Å². The lowest BCUT2D eigenvalue weighted by molar-refractivity contribution is -0.136. The lowest BCUT2D eigenvalue weighted by atomic mass is 10.2. The quantitative estimate of drug-likeness (QED) is 0.856. The Bertz CT molecular complexity index is 629. The Morgan fingerprint density at radius 3 is 2.26 bits per heavy atom. The molecule has 1 aliphatic rings. The normalized spacial score (nSPS) is 16.4. The van der Waals surface area contributed by atoms with Crippen LogP contribution in [0.4, 0.5) is 0 Å². The zero-order valence-electron chi connectivity index (χ0n) is 10.4. The average molecular weight is 303 g/mol. The van der Waals surface area contributed by atoms with Gasteiger partial charge >= 0.3 is 5.97 Å². The lowest BCUT2D eigenvalue weighted by Crippen LogP contribution is -2.35. The highest BCUT2D eigenvalue weighted by Gasteiger charge is 2.14. The molecule has 19 heavy (non-hydrogen) atoms. The van der Waals surface area contributed by atoms with Gasteiger partial charge in [0.1, 0.15) is 6.04 Å². The molecule has 0 radical (unpaired) electrons. The summed E-state index contributed by atoms with van der Waals surface area (Å²) >= 11 is 11.6. The number of amides is 1. The van der Waals surface area contributed by atoms with E-state index in [0.717, 1.165) is 0 Å². The first-order valence-corrected chi connectivity index (χ1v) is 6.28. The highest BCUT2D eigenvalue weighted by molar-refractivity contribution is 6.41. The van der Waals surface area contributed by atoms with E-state index in [2.05, 4.69) is 9.98 Å². The molecule has 0 aliphatic carbocycles. The average Bonchev–Trinajstić information content (AvgIpc) is 2.34. The maximum atomic E-state index is 11.2. The number of nitrogens with zero attached hydrogens (tertiary/aromatic N) is 2. The predicted molar refractivity (Wildman–Crippen MR) is 71.2 cm³/mol. The summed E-state index contributed by atoms with van der Waals surface area (Å²) in [5.41, 5.74) is 0. The molecule has 5 nitrogen and oxygen atoms in total. The zero-order valence-corrected chi connectivity index (χ0v) is 11.9. The van der Waals surface area contributed by atoms with Crippen LogP contribution in [0.15, 0.2) is 22.1 Å². The molecule has 1 aromatic rings. The number of carboxylic acid groups (broad SMARTS) is 1. The molecule has 2 rings (SSSR count). The minimum absolute atomic E-state index is 0.222. The Morgan fingerprint density at radius 1 is 1.32 bits per heavy atom. The summed E-state index contributed by atoms with van der Waals surface area (Å²) in [5, 5.41) is 9.63. The molecule has 0 saturated carbocycles. The van der Waals surface area contributed by atoms with Crippen LogP contribution in [0.1, 0.15) is 20.3 Å². The van der Waals surface area contributed by atoms with E-state index < -0.39 is 12.0 Å². The molecule has 1 aromatic carbocycles. The summed E-state index contributed by atoms with van der Waals surface area (Å²) in [5.74, 6) is -0.999. The third-order valence-corrected chi connectivity index (χ3v) is 2.96. The first kappa shape index (κ1) is 15.6. The molecule has 1 amide bonds. The first-order valence-electron chi connectivity index (χ1n) is 5.52. The van der Waals surface area contributed by atoms with Crippen molar-refractivity contribution in [2.45, 2.75) is 26.3 Å². The van der Waals surface area contributed by atoms with Gasteiger partial charge in [-0.15, -0.1) is 0 Å². The molecule has 0 aromatic heterocycles. The molecule has 1 atom stereocenters. The standard InChI is InChI=1S/C9H6Cl2N2O.C3H6O2/c1-4-9(14)13-8-3-6(11)5(10)2-7(8)12-4;1-2-3(4)5/h2-4H,1H3;2H2,1H3,(H,4,5). The Labute approximate surface area is 119 Å². The number of hydrogen-bond donors (Lipinski definition) is 1. The molecule has 0 spiro atoms. The van der Waals surface area contributed by atoms with E-state index in [9.17, 15) is 9.59 Å². The van der Waals surface area contributed by atoms with Crippen molar-refractivity contribution < 1.29 is 14.7 Å². The SMILES string of the molecule is CC1N=c2cc(Cl)c(Cl)cc2=NC1=O.CCC(=O)O. The van der Waals surface area contributed by atoms with Gasteiger partial charge in [-0.05, 0) is 19.1 Å². The number of carboxylic acids is 1. The molecule has 1 aliphatic heterocycles. The van der Waals surface area contributed by atoms with Crippen LogP contribution in [-0.2, 0) is 9.59 Å². The maximum Gasteiger partial charge on any atom is 0.303 e. The Balaban J connectivity index is 0.000000312. The van der Waals surface area contributed by atoms with Crippen LogP contribution in [0.2, 0.25) is 10.0 Å². The van der Waals surface area contributed by atoms with Crippen LogP contribution in [0, 0.1) is 0 Å². The number of benzene rings is 1. The van der Waals surface area contributed by atoms with Gasteiger partial charge in [-0.2, -0.15) is 0 Å². The van der Waals surface area contributed by atoms with Gasteiger partial charge in [0.05, 0.1) is 20.8 Å². The fraction of sp³-hybridized carbons (Fsp3) is 0.333. The van der Waals surface area contributed by atoms with Crippen molar-refractivity contribution in [3.8, 4) is 0 Å². The molecule has 0 saturated heterocycles. The van der Waals surface area contributed by atoms with Gasteiger partial charge < -0.3 is 5.11 Å². The van der Waals surface area contributed by atoms with Crippen molar-refractivity contribution >= 4 is 35.1 Å². The van der Waals surface area contributed by atoms with Gasteiger partial charge in [-0.3, -0.25) is 14.6 Å². The molecule has 1 heterocycles. The molecule has 1 N–H and O–H groups in total. The molecule has 7 heteroatoms. The first-order chi connectivity index (χ1) is 8.85. The third kappa shape index (κ3) is 4.29. The number of rotatable bonds is 1. The van der Waals surface area contributed by atoms with Crippen molar-refractivity contribution in [2.75, 3.05) is 0 Å². The molecular weight excluding hydrogens is 291 g/mol. The van der Waals surface area contributed by atoms with Gasteiger partial charge in [0.2, 0.25) is 0 Å². The van der Waals surface area contributed by atoms with E-state index in [4.69, 9.17) is 28.3 Å². The second-order valence-corrected chi connectivity index (χ2v) is 4.57. The number of fused-ring (bicyclic) bond motifs is 1. The van der Waals surface area contributed by atoms with Crippen molar-refractivity contribution in [1.82, 2.24) is 0 Å². The lowest BCUT2D eigenvalue weighted by Gasteiger charge is -2.06. The van der Waals surface area contributed by atoms with Crippen molar-refractivity contribution in [1.29, 1.82) is 0 Å². The topological polar surface area (TPSA) is 79.1 Å². The van der Waals surface area contributed by atoms with Crippen molar-refractivity contribution in [3.05, 3.63) is 32.9 Å². The fourth-order valence-electron chi connectivity index (χ4n) is 1.19. The smallest absolute Gasteiger partial charge is 0.303 e. The van der Waals surface area contributed by atoms with E-state index in [0.29, 0.717) is 20.8 Å². The summed E-state index contributed by atoms with van der Waals surface area (Å²) < 4.78 is 0. The summed E-state index contributed by atoms with van der Waals surface area (Å²) in [6, 6.07) is 2.73. The summed E-state index contributed by atoms with van der Waals surface area (Å²) in [6.07, 6.45) is 0.222. The van der Waals surface area contributed by atoms with E-state index in [1.165, 1.54) is 0 Å². The van der Waals surface area contributed by atoms with Crippen LogP contribution < -0.4 is 10.7 Å². The second-order valence-electron chi connectivity index (χ2n) is 3.76. The summed E-state index contributed by atoms with van der Waals surface area (Å²) in [4.78, 5) is 28.6. The van der Waals surface area contributed by atoms with E-state index >= 15 is 0 Å². The van der Waals surface area contributed by atoms with Gasteiger partial charge in [0, 0.05) is 6.42 Å². The number of carbonyl (C=O) groups excluding carboxylic acids is 1. The highest BCUT2D eigenvalue weighted by atomic mass is 35.5. The van der Waals surface area contributed by atoms with Crippen LogP contribution in [0.3, 0.4) is 0 Å². The number of halogens is 2. The minimum Gasteiger partial charge on any atom is -0.481 e. The summed E-state index contributed by atoms with van der Waals surface area (Å²) in [6.45, 7) is 3.29. The Hall–Kier alpha value is -1.46. The van der Waals surface area contributed by atoms with Crippen LogP contribution in [0.25, 0.3) is 0 Å². The second kappa shape index (κ2) is 6.63. The Kier molecular flexibility index (Phi) is 5.44. The van der Waals surface area contributed by atoms with Gasteiger partial charge in [-0.1, -0.05) is 30.1 Å². The number of hydrogen-bond acceptors (Lipinski definition) is 3. The number of carbonyl (C=O) groups is 2. The molecule has 102 valence electrons. The van der Waals surface area contributed by atoms with Gasteiger partial charge in [0.25, 0.3) is 5.91 Å². The van der Waals surface area contributed by atoms with Gasteiger partial charge in [-0.25, -0.2) is 4.99 Å². The van der Waals surface area contributed by atoms with Crippen LogP contribution in [0.5, 0.6) is 0 Å². The monoisotopic (exact) mass is 302 g/mol. The molecular formula is C12H12Cl2N2O3. The fourth-order valence-corrected chi connectivity index (χ4v) is 1.51. The predicted octanol–water partition coefficient (Wildman–Crippen LogP) is 1.64. The van der Waals surface area contributed by atoms with Gasteiger partial charge in [0.15, 0.2) is 0 Å². The zero-order chi connectivity index (χ0) is 14.6. The van der Waals surface area contributed by atoms with Crippen LogP contribution in [-0.4, -0.2) is 23.0 Å². The van der Waals surface area contributed by atoms with Crippen molar-refractivity contribution in [3.63, 3.8) is 0 Å². The number of aliphatic carboxylic acids is 1. The molecule has 0 fully saturated rings. The molecule has 0 bridgehead atoms. The minimum atomic E-state index is -0.745. The maximum absolute atomic E-state index is 11.2. The highest BCUT2D eigenvalue weighted by Crippen LogP contribution is 2.16. The van der Waals surface area contributed by atoms with Crippen molar-refractivity contribution in [2.24, 2.45) is 9.98 Å². The third-order valence-electron chi connectivity index (χ3n) is 2.24. The van der Waals surface area contributed by atoms with E-state index in [-0.39, 0.29) is 12.3 Å². The largest absolute Gasteiger partial charge is 0.481 e. The molecule has 1 unspecified atom stereocenters. The van der Waals surface area contributed by atoms with E-state index in [1.54, 1.807) is 26.0 Å².